The summed E-state index contributed by atoms with van der Waals surface area (Å²) in [4.78, 5) is 22.2. The van der Waals surface area contributed by atoms with Gasteiger partial charge in [-0.2, -0.15) is 0 Å². The number of nitrogens with zero attached hydrogens (tertiary/aromatic N) is 4. The van der Waals surface area contributed by atoms with Gasteiger partial charge < -0.3 is 15.0 Å². The number of halogens is 1. The third-order valence-corrected chi connectivity index (χ3v) is 4.40. The zero-order valence-electron chi connectivity index (χ0n) is 19.7. The molecule has 1 aromatic heterocycles. The molecule has 33 heavy (non-hydrogen) atoms. The van der Waals surface area contributed by atoms with Crippen LogP contribution in [0.1, 0.15) is 16.8 Å². The lowest BCUT2D eigenvalue weighted by atomic mass is 10.1. The van der Waals surface area contributed by atoms with Gasteiger partial charge in [-0.1, -0.05) is 24.8 Å². The molecule has 0 unspecified atom stereocenters. The molecule has 176 valence electrons. The van der Waals surface area contributed by atoms with Gasteiger partial charge in [0.25, 0.3) is 5.91 Å². The minimum atomic E-state index is -0.475. The fraction of sp³-hybridized carbons (Fsp3) is 0.292. The van der Waals surface area contributed by atoms with Crippen molar-refractivity contribution < 1.29 is 13.9 Å². The molecule has 0 spiro atoms. The van der Waals surface area contributed by atoms with Gasteiger partial charge in [-0.25, -0.2) is 14.4 Å². The number of rotatable bonds is 11. The number of nitrogens with one attached hydrogen (secondary N) is 2. The molecule has 0 aliphatic carbocycles. The second-order valence-electron chi connectivity index (χ2n) is 7.69. The highest BCUT2D eigenvalue weighted by molar-refractivity contribution is 5.88. The smallest absolute Gasteiger partial charge is 0.262 e. The van der Waals surface area contributed by atoms with Crippen LogP contribution < -0.4 is 15.5 Å². The van der Waals surface area contributed by atoms with E-state index in [4.69, 9.17) is 4.74 Å². The van der Waals surface area contributed by atoms with Crippen molar-refractivity contribution in [3.05, 3.63) is 77.5 Å². The van der Waals surface area contributed by atoms with Gasteiger partial charge in [-0.15, -0.1) is 0 Å². The van der Waals surface area contributed by atoms with Gasteiger partial charge in [0.15, 0.2) is 11.6 Å². The SMILES string of the molecule is C=C(/N=C\N(C)NC(=O)/C=C/CN(C)C)NCc1c(C)ccc(Oc2cccc(C)n2)c1F. The maximum absolute atomic E-state index is 15.1. The molecule has 0 aliphatic rings. The Kier molecular flexibility index (Phi) is 9.56. The van der Waals surface area contributed by atoms with Crippen molar-refractivity contribution >= 4 is 12.2 Å². The van der Waals surface area contributed by atoms with Crippen LogP contribution in [0.4, 0.5) is 4.39 Å². The third kappa shape index (κ3) is 8.74. The van der Waals surface area contributed by atoms with Gasteiger partial charge in [0.05, 0.1) is 0 Å². The van der Waals surface area contributed by atoms with Crippen LogP contribution >= 0.6 is 0 Å². The number of pyridine rings is 1. The molecular weight excluding hydrogens is 423 g/mol. The number of benzene rings is 1. The normalized spacial score (nSPS) is 11.2. The second-order valence-corrected chi connectivity index (χ2v) is 7.69. The number of carbonyl (C=O) groups is 1. The van der Waals surface area contributed by atoms with E-state index >= 15 is 4.39 Å². The van der Waals surface area contributed by atoms with Crippen LogP contribution in [0, 0.1) is 19.7 Å². The Morgan fingerprint density at radius 2 is 2.00 bits per heavy atom. The maximum atomic E-state index is 15.1. The highest BCUT2D eigenvalue weighted by atomic mass is 19.1. The molecule has 8 nitrogen and oxygen atoms in total. The van der Waals surface area contributed by atoms with Crippen LogP contribution in [0.2, 0.25) is 0 Å². The molecule has 1 heterocycles. The molecule has 0 saturated heterocycles. The van der Waals surface area contributed by atoms with E-state index in [2.05, 4.69) is 27.3 Å². The van der Waals surface area contributed by atoms with E-state index < -0.39 is 5.82 Å². The first-order chi connectivity index (χ1) is 15.7. The first-order valence-corrected chi connectivity index (χ1v) is 10.4. The molecule has 2 N–H and O–H groups in total. The van der Waals surface area contributed by atoms with Crippen LogP contribution in [0.3, 0.4) is 0 Å². The standard InChI is InChI=1S/C24H31FN6O2/c1-17-12-13-21(33-23-11-7-9-18(2)28-23)24(25)20(17)15-26-19(3)27-16-31(6)29-22(32)10-8-14-30(4)5/h7-13,16,26H,3,14-15H2,1-2,4-6H3,(H,29,32)/b10-8+,27-16-. The minimum Gasteiger partial charge on any atom is -0.436 e. The summed E-state index contributed by atoms with van der Waals surface area (Å²) < 4.78 is 20.7. The monoisotopic (exact) mass is 454 g/mol. The van der Waals surface area contributed by atoms with Crippen molar-refractivity contribution in [2.24, 2.45) is 4.99 Å². The first kappa shape index (κ1) is 25.5. The van der Waals surface area contributed by atoms with Crippen molar-refractivity contribution in [1.82, 2.24) is 25.6 Å². The molecule has 0 atom stereocenters. The van der Waals surface area contributed by atoms with E-state index in [1.165, 1.54) is 17.4 Å². The molecule has 2 aromatic rings. The quantitative estimate of drug-likeness (QED) is 0.235. The lowest BCUT2D eigenvalue weighted by Crippen LogP contribution is -2.37. The van der Waals surface area contributed by atoms with E-state index in [9.17, 15) is 4.79 Å². The van der Waals surface area contributed by atoms with Gasteiger partial charge in [0, 0.05) is 43.5 Å². The molecule has 9 heteroatoms. The summed E-state index contributed by atoms with van der Waals surface area (Å²) in [6, 6.07) is 8.67. The molecule has 0 fully saturated rings. The molecule has 0 bridgehead atoms. The number of aryl methyl sites for hydroxylation is 2. The Morgan fingerprint density at radius 3 is 2.70 bits per heavy atom. The third-order valence-electron chi connectivity index (χ3n) is 4.40. The number of ether oxygens (including phenoxy) is 1. The predicted molar refractivity (Wildman–Crippen MR) is 128 cm³/mol. The predicted octanol–water partition coefficient (Wildman–Crippen LogP) is 3.30. The Balaban J connectivity index is 1.93. The fourth-order valence-corrected chi connectivity index (χ4v) is 2.68. The summed E-state index contributed by atoms with van der Waals surface area (Å²) in [6.07, 6.45) is 4.61. The Hall–Kier alpha value is -3.72. The fourth-order valence-electron chi connectivity index (χ4n) is 2.68. The van der Waals surface area contributed by atoms with Gasteiger partial charge in [0.1, 0.15) is 12.2 Å². The number of hydrogen-bond donors (Lipinski definition) is 2. The van der Waals surface area contributed by atoms with Gasteiger partial charge in [-0.05, 0) is 45.6 Å². The van der Waals surface area contributed by atoms with Crippen molar-refractivity contribution in [2.75, 3.05) is 27.7 Å². The number of aromatic nitrogens is 1. The number of hydrazine groups is 1. The van der Waals surface area contributed by atoms with Crippen LogP contribution in [-0.4, -0.2) is 54.8 Å². The van der Waals surface area contributed by atoms with Crippen LogP contribution in [0.25, 0.3) is 0 Å². The maximum Gasteiger partial charge on any atom is 0.262 e. The lowest BCUT2D eigenvalue weighted by molar-refractivity contribution is -0.119. The average molecular weight is 455 g/mol. The highest BCUT2D eigenvalue weighted by Crippen LogP contribution is 2.27. The van der Waals surface area contributed by atoms with E-state index in [1.54, 1.807) is 37.4 Å². The second kappa shape index (κ2) is 12.4. The zero-order chi connectivity index (χ0) is 24.4. The highest BCUT2D eigenvalue weighted by Gasteiger charge is 2.14. The largest absolute Gasteiger partial charge is 0.436 e. The van der Waals surface area contributed by atoms with Gasteiger partial charge in [0.2, 0.25) is 5.88 Å². The van der Waals surface area contributed by atoms with Crippen LogP contribution in [0.5, 0.6) is 11.6 Å². The van der Waals surface area contributed by atoms with Crippen molar-refractivity contribution in [2.45, 2.75) is 20.4 Å². The molecule has 1 amide bonds. The van der Waals surface area contributed by atoms with Gasteiger partial charge in [-0.3, -0.25) is 15.2 Å². The van der Waals surface area contributed by atoms with Gasteiger partial charge >= 0.3 is 0 Å². The molecule has 0 saturated carbocycles. The summed E-state index contributed by atoms with van der Waals surface area (Å²) in [7, 11) is 5.47. The summed E-state index contributed by atoms with van der Waals surface area (Å²) in [5.74, 6) is -0.0233. The van der Waals surface area contributed by atoms with E-state index in [0.717, 1.165) is 11.3 Å². The molecular formula is C24H31FN6O2. The van der Waals surface area contributed by atoms with Crippen molar-refractivity contribution in [3.8, 4) is 11.6 Å². The van der Waals surface area contributed by atoms with Crippen molar-refractivity contribution in [1.29, 1.82) is 0 Å². The zero-order valence-corrected chi connectivity index (χ0v) is 19.7. The number of amides is 1. The Labute approximate surface area is 194 Å². The Bertz CT molecular complexity index is 1040. The molecule has 1 aromatic carbocycles. The summed E-state index contributed by atoms with van der Waals surface area (Å²) in [5.41, 5.74) is 4.60. The lowest BCUT2D eigenvalue weighted by Gasteiger charge is -2.15. The van der Waals surface area contributed by atoms with E-state index in [1.807, 2.05) is 38.9 Å². The number of likely N-dealkylation sites (N-methyl/N-ethyl adjacent to an activating group) is 1. The Morgan fingerprint density at radius 1 is 1.24 bits per heavy atom. The number of aliphatic imine (C=N–C) groups is 1. The molecule has 0 radical (unpaired) electrons. The minimum absolute atomic E-state index is 0.0920. The summed E-state index contributed by atoms with van der Waals surface area (Å²) >= 11 is 0. The van der Waals surface area contributed by atoms with Crippen molar-refractivity contribution in [3.63, 3.8) is 0 Å². The molecule has 0 aliphatic heterocycles. The van der Waals surface area contributed by atoms with Crippen LogP contribution in [-0.2, 0) is 11.3 Å². The number of hydrogen-bond acceptors (Lipinski definition) is 6. The number of carbonyl (C=O) groups excluding carboxylic acids is 1. The summed E-state index contributed by atoms with van der Waals surface area (Å²) in [5, 5.41) is 4.38. The van der Waals surface area contributed by atoms with E-state index in [-0.39, 0.29) is 18.2 Å². The van der Waals surface area contributed by atoms with Crippen LogP contribution in [0.15, 0.2) is 59.9 Å². The molecule has 2 rings (SSSR count). The average Bonchev–Trinajstić information content (AvgIpc) is 2.74. The topological polar surface area (TPSA) is 82.1 Å². The summed E-state index contributed by atoms with van der Waals surface area (Å²) in [6.45, 7) is 8.29. The van der Waals surface area contributed by atoms with E-state index in [0.29, 0.717) is 23.8 Å². The first-order valence-electron chi connectivity index (χ1n) is 10.4.